The Kier molecular flexibility index (Phi) is 6.45. The van der Waals surface area contributed by atoms with Crippen molar-refractivity contribution in [2.45, 2.75) is 56.3 Å². The van der Waals surface area contributed by atoms with Gasteiger partial charge in [-0.2, -0.15) is 13.2 Å². The number of benzene rings is 1. The van der Waals surface area contributed by atoms with Crippen molar-refractivity contribution < 1.29 is 32.0 Å². The first kappa shape index (κ1) is 25.3. The minimum absolute atomic E-state index is 0.0321. The summed E-state index contributed by atoms with van der Waals surface area (Å²) in [5.74, 6) is -1.74. The lowest BCUT2D eigenvalue weighted by molar-refractivity contribution is -0.275. The quantitative estimate of drug-likeness (QED) is 0.392. The molecule has 1 aliphatic carbocycles. The Bertz CT molecular complexity index is 1270. The molecule has 0 radical (unpaired) electrons. The number of hydrogen-bond donors (Lipinski definition) is 2. The number of carbonyl (C=O) groups excluding carboxylic acids is 2. The van der Waals surface area contributed by atoms with Crippen LogP contribution in [0, 0.1) is 5.82 Å². The molecule has 1 saturated heterocycles. The molecule has 2 amide bonds. The number of thiophene rings is 1. The fraction of sp³-hybridized carbons (Fsp3) is 0.435. The minimum atomic E-state index is -4.93. The second-order valence-corrected chi connectivity index (χ2v) is 10.7. The molecule has 2 aromatic rings. The van der Waals surface area contributed by atoms with Crippen LogP contribution in [-0.2, 0) is 28.1 Å². The van der Waals surface area contributed by atoms with E-state index in [1.54, 1.807) is 0 Å². The van der Waals surface area contributed by atoms with E-state index in [9.17, 15) is 27.2 Å². The molecular weight excluding hydrogens is 545 g/mol. The van der Waals surface area contributed by atoms with Gasteiger partial charge in [0.05, 0.1) is 26.2 Å². The average Bonchev–Trinajstić information content (AvgIpc) is 3.54. The third kappa shape index (κ3) is 4.14. The van der Waals surface area contributed by atoms with E-state index in [1.165, 1.54) is 0 Å². The van der Waals surface area contributed by atoms with Gasteiger partial charge in [0.2, 0.25) is 5.91 Å². The highest BCUT2D eigenvalue weighted by molar-refractivity contribution is 7.16. The summed E-state index contributed by atoms with van der Waals surface area (Å²) in [7, 11) is 0. The maximum atomic E-state index is 14.4. The summed E-state index contributed by atoms with van der Waals surface area (Å²) in [4.78, 5) is 30.8. The zero-order valence-corrected chi connectivity index (χ0v) is 20.9. The molecule has 0 bridgehead atoms. The van der Waals surface area contributed by atoms with E-state index < -0.39 is 51.6 Å². The topological polar surface area (TPSA) is 79.8 Å². The SMILES string of the molecule is O=C(N[C@@H]1CCNC1=O)c1sc(C2=NOC(c3cc(Cl)c(F)c(Cl)c3)(C(F)(F)F)C2)c2c1CCCC2. The van der Waals surface area contributed by atoms with Gasteiger partial charge in [0.1, 0.15) is 11.8 Å². The van der Waals surface area contributed by atoms with Crippen LogP contribution in [0.5, 0.6) is 0 Å². The molecule has 13 heteroatoms. The predicted octanol–water partition coefficient (Wildman–Crippen LogP) is 5.27. The van der Waals surface area contributed by atoms with Gasteiger partial charge in [0, 0.05) is 12.1 Å². The molecule has 2 atom stereocenters. The summed E-state index contributed by atoms with van der Waals surface area (Å²) in [5.41, 5.74) is -1.83. The molecule has 2 aliphatic heterocycles. The van der Waals surface area contributed by atoms with Crippen LogP contribution in [0.3, 0.4) is 0 Å². The normalized spacial score (nSPS) is 23.7. The van der Waals surface area contributed by atoms with Gasteiger partial charge in [-0.1, -0.05) is 28.4 Å². The van der Waals surface area contributed by atoms with Crippen molar-refractivity contribution in [2.75, 3.05) is 6.54 Å². The molecular formula is C23H19Cl2F4N3O3S. The first-order chi connectivity index (χ1) is 17.0. The van der Waals surface area contributed by atoms with Crippen LogP contribution < -0.4 is 10.6 Å². The second kappa shape index (κ2) is 9.18. The largest absolute Gasteiger partial charge is 0.435 e. The highest BCUT2D eigenvalue weighted by atomic mass is 35.5. The first-order valence-electron chi connectivity index (χ1n) is 11.2. The van der Waals surface area contributed by atoms with E-state index in [0.29, 0.717) is 35.6 Å². The Hall–Kier alpha value is -2.37. The number of rotatable bonds is 4. The van der Waals surface area contributed by atoms with E-state index >= 15 is 0 Å². The predicted molar refractivity (Wildman–Crippen MR) is 126 cm³/mol. The van der Waals surface area contributed by atoms with Gasteiger partial charge in [0.15, 0.2) is 5.82 Å². The van der Waals surface area contributed by atoms with Crippen molar-refractivity contribution in [3.8, 4) is 0 Å². The zero-order valence-electron chi connectivity index (χ0n) is 18.5. The zero-order chi connectivity index (χ0) is 25.8. The lowest BCUT2D eigenvalue weighted by Crippen LogP contribution is -2.42. The van der Waals surface area contributed by atoms with Crippen molar-refractivity contribution in [1.82, 2.24) is 10.6 Å². The molecule has 1 fully saturated rings. The molecule has 1 aromatic carbocycles. The van der Waals surface area contributed by atoms with Crippen LogP contribution in [0.15, 0.2) is 17.3 Å². The highest BCUT2D eigenvalue weighted by Gasteiger charge is 2.63. The van der Waals surface area contributed by atoms with Gasteiger partial charge in [-0.3, -0.25) is 9.59 Å². The van der Waals surface area contributed by atoms with Crippen LogP contribution in [0.4, 0.5) is 17.6 Å². The van der Waals surface area contributed by atoms with E-state index in [4.69, 9.17) is 28.0 Å². The molecule has 0 spiro atoms. The summed E-state index contributed by atoms with van der Waals surface area (Å²) in [6.07, 6.45) is -2.37. The fourth-order valence-electron chi connectivity index (χ4n) is 4.82. The summed E-state index contributed by atoms with van der Waals surface area (Å²) < 4.78 is 57.2. The third-order valence-corrected chi connectivity index (χ3v) is 8.55. The van der Waals surface area contributed by atoms with Gasteiger partial charge in [-0.05, 0) is 55.4 Å². The van der Waals surface area contributed by atoms with E-state index in [2.05, 4.69) is 15.8 Å². The maximum absolute atomic E-state index is 14.4. The van der Waals surface area contributed by atoms with Gasteiger partial charge in [0.25, 0.3) is 11.5 Å². The molecule has 1 aromatic heterocycles. The smallest absolute Gasteiger partial charge is 0.374 e. The van der Waals surface area contributed by atoms with Crippen LogP contribution in [-0.4, -0.2) is 36.3 Å². The van der Waals surface area contributed by atoms with Crippen molar-refractivity contribution in [1.29, 1.82) is 0 Å². The number of oxime groups is 1. The summed E-state index contributed by atoms with van der Waals surface area (Å²) in [6.45, 7) is 0.461. The van der Waals surface area contributed by atoms with Gasteiger partial charge in [-0.25, -0.2) is 4.39 Å². The van der Waals surface area contributed by atoms with Crippen LogP contribution in [0.2, 0.25) is 10.0 Å². The Labute approximate surface area is 217 Å². The molecule has 5 rings (SSSR count). The number of nitrogens with zero attached hydrogens (tertiary/aromatic N) is 1. The van der Waals surface area contributed by atoms with E-state index in [1.807, 2.05) is 0 Å². The molecule has 6 nitrogen and oxygen atoms in total. The molecule has 0 saturated carbocycles. The second-order valence-electron chi connectivity index (χ2n) is 8.91. The summed E-state index contributed by atoms with van der Waals surface area (Å²) in [5, 5.41) is 8.06. The molecule has 1 unspecified atom stereocenters. The van der Waals surface area contributed by atoms with E-state index in [0.717, 1.165) is 47.4 Å². The maximum Gasteiger partial charge on any atom is 0.435 e. The monoisotopic (exact) mass is 563 g/mol. The van der Waals surface area contributed by atoms with Crippen LogP contribution in [0.1, 0.15) is 56.9 Å². The Morgan fingerprint density at radius 2 is 1.86 bits per heavy atom. The first-order valence-corrected chi connectivity index (χ1v) is 12.8. The van der Waals surface area contributed by atoms with E-state index in [-0.39, 0.29) is 11.6 Å². The number of amides is 2. The summed E-state index contributed by atoms with van der Waals surface area (Å²) in [6, 6.07) is 1.02. The lowest BCUT2D eigenvalue weighted by atomic mass is 9.85. The van der Waals surface area contributed by atoms with Crippen molar-refractivity contribution in [3.05, 3.63) is 54.4 Å². The van der Waals surface area contributed by atoms with Crippen molar-refractivity contribution >= 4 is 52.1 Å². The van der Waals surface area contributed by atoms with Gasteiger partial charge < -0.3 is 15.5 Å². The number of halogens is 6. The Balaban J connectivity index is 1.51. The van der Waals surface area contributed by atoms with Gasteiger partial charge in [-0.15, -0.1) is 11.3 Å². The number of hydrogen-bond acceptors (Lipinski definition) is 5. The molecule has 36 heavy (non-hydrogen) atoms. The standard InChI is InChI=1S/C23H19Cl2F4N3O3S/c24-13-7-10(8-14(25)17(13)26)22(23(27,28)29)9-16(32-35-22)18-11-3-1-2-4-12(11)19(36-18)21(34)31-15-5-6-30-20(15)33/h7-8,15H,1-6,9H2,(H,30,33)(H,31,34)/t15-,22?/m1/s1. The fourth-order valence-corrected chi connectivity index (χ4v) is 6.58. The van der Waals surface area contributed by atoms with Gasteiger partial charge >= 0.3 is 6.18 Å². The number of nitrogens with one attached hydrogen (secondary N) is 2. The summed E-state index contributed by atoms with van der Waals surface area (Å²) >= 11 is 12.6. The van der Waals surface area contributed by atoms with Crippen LogP contribution >= 0.6 is 34.5 Å². The van der Waals surface area contributed by atoms with Crippen molar-refractivity contribution in [2.24, 2.45) is 5.16 Å². The number of fused-ring (bicyclic) bond motifs is 1. The number of carbonyl (C=O) groups is 2. The van der Waals surface area contributed by atoms with Crippen molar-refractivity contribution in [3.63, 3.8) is 0 Å². The lowest BCUT2D eigenvalue weighted by Gasteiger charge is -2.29. The van der Waals surface area contributed by atoms with Crippen LogP contribution in [0.25, 0.3) is 0 Å². The molecule has 3 heterocycles. The molecule has 192 valence electrons. The Morgan fingerprint density at radius 1 is 1.19 bits per heavy atom. The number of alkyl halides is 3. The average molecular weight is 564 g/mol. The third-order valence-electron chi connectivity index (χ3n) is 6.68. The minimum Gasteiger partial charge on any atom is -0.374 e. The molecule has 3 aliphatic rings. The molecule has 2 N–H and O–H groups in total. The Morgan fingerprint density at radius 3 is 2.47 bits per heavy atom. The highest BCUT2D eigenvalue weighted by Crippen LogP contribution is 2.51.